The summed E-state index contributed by atoms with van der Waals surface area (Å²) in [6.07, 6.45) is 4.68. The summed E-state index contributed by atoms with van der Waals surface area (Å²) in [6.45, 7) is 0. The summed E-state index contributed by atoms with van der Waals surface area (Å²) in [5.41, 5.74) is 2.43. The zero-order chi connectivity index (χ0) is 11.4. The second kappa shape index (κ2) is 4.28. The van der Waals surface area contributed by atoms with Crippen molar-refractivity contribution in [2.75, 3.05) is 0 Å². The van der Waals surface area contributed by atoms with Gasteiger partial charge in [0.2, 0.25) is 5.88 Å². The summed E-state index contributed by atoms with van der Waals surface area (Å²) in [5, 5.41) is 0. The molecule has 0 atom stereocenters. The molecule has 6 heteroatoms. The highest BCUT2D eigenvalue weighted by molar-refractivity contribution is 7.89. The van der Waals surface area contributed by atoms with Crippen molar-refractivity contribution in [1.29, 1.82) is 0 Å². The number of sulfonamides is 1. The van der Waals surface area contributed by atoms with E-state index in [1.165, 1.54) is 18.2 Å². The van der Waals surface area contributed by atoms with Gasteiger partial charge >= 0.3 is 0 Å². The van der Waals surface area contributed by atoms with Crippen molar-refractivity contribution in [3.8, 4) is 0 Å². The summed E-state index contributed by atoms with van der Waals surface area (Å²) in [7, 11) is -3.58. The van der Waals surface area contributed by atoms with E-state index in [2.05, 4.69) is 10.2 Å². The first-order valence-electron chi connectivity index (χ1n) is 4.55. The highest BCUT2D eigenvalue weighted by Gasteiger charge is 2.16. The first kappa shape index (κ1) is 10.6. The number of nitrogens with one attached hydrogen (secondary N) is 2. The molecule has 0 fully saturated rings. The normalized spacial score (nSPS) is 14.6. The van der Waals surface area contributed by atoms with E-state index < -0.39 is 10.0 Å². The predicted molar refractivity (Wildman–Crippen MR) is 58.2 cm³/mol. The van der Waals surface area contributed by atoms with E-state index in [0.29, 0.717) is 0 Å². The number of rotatable bonds is 3. The molecule has 16 heavy (non-hydrogen) atoms. The maximum absolute atomic E-state index is 11.8. The summed E-state index contributed by atoms with van der Waals surface area (Å²) in [5.74, 6) is 0.131. The Labute approximate surface area is 93.4 Å². The molecule has 1 aromatic carbocycles. The Morgan fingerprint density at radius 3 is 2.56 bits per heavy atom. The van der Waals surface area contributed by atoms with Crippen molar-refractivity contribution in [3.63, 3.8) is 0 Å². The van der Waals surface area contributed by atoms with Crippen molar-refractivity contribution >= 4 is 10.0 Å². The molecule has 0 saturated heterocycles. The Kier molecular flexibility index (Phi) is 2.82. The van der Waals surface area contributed by atoms with Crippen molar-refractivity contribution in [3.05, 3.63) is 54.6 Å². The van der Waals surface area contributed by atoms with Gasteiger partial charge in [0.1, 0.15) is 0 Å². The lowest BCUT2D eigenvalue weighted by Crippen LogP contribution is -2.28. The standard InChI is InChI=1S/C10H10N2O3S/c13-16(14,9-5-2-1-3-6-9)12-10-7-4-8-11-15-10/h1-8,11-12H. The second-order valence-corrected chi connectivity index (χ2v) is 4.71. The van der Waals surface area contributed by atoms with Crippen LogP contribution in [0.15, 0.2) is 59.5 Å². The fraction of sp³-hybridized carbons (Fsp3) is 0. The highest BCUT2D eigenvalue weighted by atomic mass is 32.2. The molecular weight excluding hydrogens is 228 g/mol. The van der Waals surface area contributed by atoms with Gasteiger partial charge in [-0.15, -0.1) is 0 Å². The van der Waals surface area contributed by atoms with Gasteiger partial charge in [-0.2, -0.15) is 0 Å². The van der Waals surface area contributed by atoms with Crippen molar-refractivity contribution in [2.24, 2.45) is 0 Å². The van der Waals surface area contributed by atoms with Crippen LogP contribution in [0.4, 0.5) is 0 Å². The van der Waals surface area contributed by atoms with Gasteiger partial charge in [-0.25, -0.2) is 18.6 Å². The zero-order valence-electron chi connectivity index (χ0n) is 8.25. The molecule has 0 radical (unpaired) electrons. The first-order valence-corrected chi connectivity index (χ1v) is 6.04. The van der Waals surface area contributed by atoms with E-state index in [1.807, 2.05) is 0 Å². The van der Waals surface area contributed by atoms with Crippen LogP contribution in [-0.4, -0.2) is 8.42 Å². The minimum Gasteiger partial charge on any atom is -0.364 e. The van der Waals surface area contributed by atoms with Crippen LogP contribution in [0.25, 0.3) is 0 Å². The molecule has 0 unspecified atom stereocenters. The Morgan fingerprint density at radius 2 is 1.94 bits per heavy atom. The minimum atomic E-state index is -3.58. The SMILES string of the molecule is O=S(=O)(NC1=CC=CNO1)c1ccccc1. The van der Waals surface area contributed by atoms with Gasteiger partial charge in [-0.05, 0) is 18.2 Å². The van der Waals surface area contributed by atoms with Crippen LogP contribution >= 0.6 is 0 Å². The maximum atomic E-state index is 11.8. The summed E-state index contributed by atoms with van der Waals surface area (Å²) in [4.78, 5) is 5.06. The summed E-state index contributed by atoms with van der Waals surface area (Å²) >= 11 is 0. The van der Waals surface area contributed by atoms with Crippen molar-refractivity contribution in [1.82, 2.24) is 10.2 Å². The van der Waals surface area contributed by atoms with E-state index in [9.17, 15) is 8.42 Å². The highest BCUT2D eigenvalue weighted by Crippen LogP contribution is 2.09. The predicted octanol–water partition coefficient (Wildman–Crippen LogP) is 0.855. The van der Waals surface area contributed by atoms with E-state index in [0.717, 1.165) is 0 Å². The van der Waals surface area contributed by atoms with Crippen molar-refractivity contribution in [2.45, 2.75) is 4.90 Å². The molecule has 1 aliphatic heterocycles. The largest absolute Gasteiger partial charge is 0.364 e. The molecule has 0 aliphatic carbocycles. The number of benzene rings is 1. The Hall–Kier alpha value is -1.95. The van der Waals surface area contributed by atoms with Gasteiger partial charge in [0.25, 0.3) is 10.0 Å². The molecule has 1 heterocycles. The number of hydroxylamine groups is 1. The average molecular weight is 238 g/mol. The van der Waals surface area contributed by atoms with Crippen LogP contribution in [0.3, 0.4) is 0 Å². The van der Waals surface area contributed by atoms with Gasteiger partial charge in [-0.3, -0.25) is 0 Å². The van der Waals surface area contributed by atoms with Gasteiger partial charge < -0.3 is 4.84 Å². The lowest BCUT2D eigenvalue weighted by molar-refractivity contribution is 0.130. The quantitative estimate of drug-likeness (QED) is 0.819. The molecule has 5 nitrogen and oxygen atoms in total. The Balaban J connectivity index is 2.21. The number of allylic oxidation sites excluding steroid dienone is 2. The monoisotopic (exact) mass is 238 g/mol. The summed E-state index contributed by atoms with van der Waals surface area (Å²) < 4.78 is 25.9. The van der Waals surface area contributed by atoms with Crippen LogP contribution in [0.5, 0.6) is 0 Å². The molecule has 0 amide bonds. The zero-order valence-corrected chi connectivity index (χ0v) is 9.07. The van der Waals surface area contributed by atoms with Crippen LogP contribution in [0.2, 0.25) is 0 Å². The van der Waals surface area contributed by atoms with Crippen LogP contribution in [-0.2, 0) is 14.9 Å². The number of hydrogen-bond acceptors (Lipinski definition) is 4. The molecule has 0 aromatic heterocycles. The number of hydrogen-bond donors (Lipinski definition) is 2. The van der Waals surface area contributed by atoms with Gasteiger partial charge in [-0.1, -0.05) is 18.2 Å². The van der Waals surface area contributed by atoms with Crippen LogP contribution in [0, 0.1) is 0 Å². The molecule has 0 bridgehead atoms. The van der Waals surface area contributed by atoms with E-state index >= 15 is 0 Å². The molecular formula is C10H10N2O3S. The average Bonchev–Trinajstić information content (AvgIpc) is 2.31. The second-order valence-electron chi connectivity index (χ2n) is 3.03. The van der Waals surface area contributed by atoms with Crippen molar-refractivity contribution < 1.29 is 13.3 Å². The third-order valence-corrected chi connectivity index (χ3v) is 3.23. The summed E-state index contributed by atoms with van der Waals surface area (Å²) in [6, 6.07) is 8.08. The van der Waals surface area contributed by atoms with Gasteiger partial charge in [0, 0.05) is 12.3 Å². The molecule has 2 rings (SSSR count). The molecule has 2 N–H and O–H groups in total. The first-order chi connectivity index (χ1) is 7.68. The van der Waals surface area contributed by atoms with E-state index in [-0.39, 0.29) is 10.8 Å². The smallest absolute Gasteiger partial charge is 0.264 e. The lowest BCUT2D eigenvalue weighted by Gasteiger charge is -2.13. The van der Waals surface area contributed by atoms with Gasteiger partial charge in [0.15, 0.2) is 0 Å². The third-order valence-electron chi connectivity index (χ3n) is 1.87. The van der Waals surface area contributed by atoms with Crippen LogP contribution < -0.4 is 10.2 Å². The third kappa shape index (κ3) is 2.34. The molecule has 0 saturated carbocycles. The minimum absolute atomic E-state index is 0.131. The fourth-order valence-corrected chi connectivity index (χ4v) is 2.16. The lowest BCUT2D eigenvalue weighted by atomic mass is 10.4. The fourth-order valence-electron chi connectivity index (χ4n) is 1.15. The topological polar surface area (TPSA) is 67.4 Å². The van der Waals surface area contributed by atoms with E-state index in [1.54, 1.807) is 30.5 Å². The van der Waals surface area contributed by atoms with E-state index in [4.69, 9.17) is 4.84 Å². The molecule has 1 aliphatic rings. The Bertz CT molecular complexity index is 520. The molecule has 0 spiro atoms. The Morgan fingerprint density at radius 1 is 1.19 bits per heavy atom. The maximum Gasteiger partial charge on any atom is 0.264 e. The molecule has 84 valence electrons. The molecule has 1 aromatic rings. The van der Waals surface area contributed by atoms with Gasteiger partial charge in [0.05, 0.1) is 4.90 Å². The van der Waals surface area contributed by atoms with Crippen LogP contribution in [0.1, 0.15) is 0 Å².